The highest BCUT2D eigenvalue weighted by Gasteiger charge is 2.21. The molecule has 1 amide bonds. The minimum atomic E-state index is -0.369. The van der Waals surface area contributed by atoms with E-state index in [9.17, 15) is 4.79 Å². The van der Waals surface area contributed by atoms with Crippen LogP contribution in [0.1, 0.15) is 48.0 Å². The maximum Gasteiger partial charge on any atom is 0.248 e. The van der Waals surface area contributed by atoms with Crippen molar-refractivity contribution in [1.29, 1.82) is 0 Å². The minimum Gasteiger partial charge on any atom is -0.381 e. The van der Waals surface area contributed by atoms with E-state index in [1.807, 2.05) is 18.2 Å². The summed E-state index contributed by atoms with van der Waals surface area (Å²) in [5.74, 6) is 0.236. The van der Waals surface area contributed by atoms with E-state index >= 15 is 0 Å². The van der Waals surface area contributed by atoms with Crippen LogP contribution in [-0.2, 0) is 9.47 Å². The summed E-state index contributed by atoms with van der Waals surface area (Å²) >= 11 is 1.73. The lowest BCUT2D eigenvalue weighted by molar-refractivity contribution is -0.0433. The number of allylic oxidation sites excluding steroid dienone is 2. The van der Waals surface area contributed by atoms with Crippen LogP contribution in [0.5, 0.6) is 0 Å². The molecule has 0 saturated carbocycles. The highest BCUT2D eigenvalue weighted by Crippen LogP contribution is 2.37. The van der Waals surface area contributed by atoms with Gasteiger partial charge in [0.1, 0.15) is 0 Å². The SMILES string of the molecule is NC(=O)c1ccc2scc(C3=CCC(COC4CCOCC4)CC3)c2c1. The van der Waals surface area contributed by atoms with Crippen molar-refractivity contribution in [2.45, 2.75) is 38.2 Å². The normalized spacial score (nSPS) is 21.7. The van der Waals surface area contributed by atoms with Gasteiger partial charge in [-0.3, -0.25) is 4.79 Å². The van der Waals surface area contributed by atoms with Gasteiger partial charge < -0.3 is 15.2 Å². The number of ether oxygens (including phenoxy) is 2. The Hall–Kier alpha value is -1.69. The Morgan fingerprint density at radius 2 is 2.12 bits per heavy atom. The van der Waals surface area contributed by atoms with Gasteiger partial charge >= 0.3 is 0 Å². The van der Waals surface area contributed by atoms with Crippen molar-refractivity contribution in [3.63, 3.8) is 0 Å². The fraction of sp³-hybridized carbons (Fsp3) is 0.476. The van der Waals surface area contributed by atoms with E-state index in [0.717, 1.165) is 57.3 Å². The highest BCUT2D eigenvalue weighted by atomic mass is 32.1. The number of nitrogens with two attached hydrogens (primary N) is 1. The number of rotatable bonds is 5. The van der Waals surface area contributed by atoms with E-state index in [1.165, 1.54) is 15.8 Å². The van der Waals surface area contributed by atoms with Crippen LogP contribution in [0.25, 0.3) is 15.7 Å². The van der Waals surface area contributed by atoms with E-state index in [0.29, 0.717) is 17.6 Å². The second-order valence-corrected chi connectivity index (χ2v) is 8.15. The first kappa shape index (κ1) is 17.7. The Balaban J connectivity index is 1.43. The van der Waals surface area contributed by atoms with E-state index < -0.39 is 0 Å². The average Bonchev–Trinajstić information content (AvgIpc) is 3.11. The third-order valence-electron chi connectivity index (χ3n) is 5.46. The Bertz CT molecular complexity index is 820. The summed E-state index contributed by atoms with van der Waals surface area (Å²) in [5.41, 5.74) is 8.67. The molecule has 26 heavy (non-hydrogen) atoms. The van der Waals surface area contributed by atoms with Gasteiger partial charge in [-0.05, 0) is 72.7 Å². The number of carbonyl (C=O) groups excluding carboxylic acids is 1. The van der Waals surface area contributed by atoms with Gasteiger partial charge in [-0.15, -0.1) is 11.3 Å². The number of benzene rings is 1. The molecule has 4 nitrogen and oxygen atoms in total. The summed E-state index contributed by atoms with van der Waals surface area (Å²) in [6, 6.07) is 5.74. The topological polar surface area (TPSA) is 61.6 Å². The van der Waals surface area contributed by atoms with Crippen LogP contribution in [0.4, 0.5) is 0 Å². The predicted octanol–water partition coefficient (Wildman–Crippen LogP) is 4.38. The van der Waals surface area contributed by atoms with Crippen molar-refractivity contribution in [3.05, 3.63) is 40.8 Å². The molecular weight excluding hydrogens is 346 g/mol. The largest absolute Gasteiger partial charge is 0.381 e. The lowest BCUT2D eigenvalue weighted by Gasteiger charge is -2.27. The summed E-state index contributed by atoms with van der Waals surface area (Å²) in [7, 11) is 0. The molecule has 0 spiro atoms. The maximum atomic E-state index is 11.5. The molecule has 1 saturated heterocycles. The molecule has 1 aromatic carbocycles. The number of hydrogen-bond donors (Lipinski definition) is 1. The quantitative estimate of drug-likeness (QED) is 0.848. The number of carbonyl (C=O) groups is 1. The van der Waals surface area contributed by atoms with Crippen LogP contribution in [-0.4, -0.2) is 31.8 Å². The van der Waals surface area contributed by atoms with Crippen molar-refractivity contribution >= 4 is 32.9 Å². The van der Waals surface area contributed by atoms with Crippen molar-refractivity contribution in [1.82, 2.24) is 0 Å². The smallest absolute Gasteiger partial charge is 0.248 e. The van der Waals surface area contributed by atoms with Crippen LogP contribution in [0, 0.1) is 5.92 Å². The summed E-state index contributed by atoms with van der Waals surface area (Å²) in [6.07, 6.45) is 8.07. The molecule has 0 radical (unpaired) electrons. The molecule has 5 heteroatoms. The Morgan fingerprint density at radius 3 is 2.85 bits per heavy atom. The maximum absolute atomic E-state index is 11.5. The summed E-state index contributed by atoms with van der Waals surface area (Å²) < 4.78 is 12.7. The highest BCUT2D eigenvalue weighted by molar-refractivity contribution is 7.17. The minimum absolute atomic E-state index is 0.369. The number of amides is 1. The lowest BCUT2D eigenvalue weighted by atomic mass is 9.86. The zero-order valence-corrected chi connectivity index (χ0v) is 15.7. The first-order chi connectivity index (χ1) is 12.7. The first-order valence-corrected chi connectivity index (χ1v) is 10.3. The van der Waals surface area contributed by atoms with Crippen molar-refractivity contribution in [2.24, 2.45) is 11.7 Å². The van der Waals surface area contributed by atoms with Crippen LogP contribution >= 0.6 is 11.3 Å². The van der Waals surface area contributed by atoms with Crippen LogP contribution in [0.15, 0.2) is 29.7 Å². The Labute approximate surface area is 158 Å². The van der Waals surface area contributed by atoms with Crippen molar-refractivity contribution in [2.75, 3.05) is 19.8 Å². The number of fused-ring (bicyclic) bond motifs is 1. The fourth-order valence-corrected chi connectivity index (χ4v) is 4.80. The molecule has 1 atom stereocenters. The van der Waals surface area contributed by atoms with Gasteiger partial charge in [0.05, 0.1) is 12.7 Å². The van der Waals surface area contributed by atoms with Gasteiger partial charge in [0, 0.05) is 28.9 Å². The molecule has 1 aliphatic carbocycles. The van der Waals surface area contributed by atoms with Gasteiger partial charge in [-0.25, -0.2) is 0 Å². The van der Waals surface area contributed by atoms with Crippen LogP contribution in [0.3, 0.4) is 0 Å². The molecule has 1 aliphatic heterocycles. The zero-order chi connectivity index (χ0) is 17.9. The Kier molecular flexibility index (Phi) is 5.38. The molecule has 1 fully saturated rings. The Morgan fingerprint density at radius 1 is 1.27 bits per heavy atom. The van der Waals surface area contributed by atoms with Gasteiger partial charge in [0.2, 0.25) is 5.91 Å². The number of primary amides is 1. The van der Waals surface area contributed by atoms with Crippen molar-refractivity contribution in [3.8, 4) is 0 Å². The fourth-order valence-electron chi connectivity index (χ4n) is 3.83. The molecule has 2 aromatic rings. The van der Waals surface area contributed by atoms with Gasteiger partial charge in [0.15, 0.2) is 0 Å². The molecule has 4 rings (SSSR count). The summed E-state index contributed by atoms with van der Waals surface area (Å²) in [5, 5.41) is 3.36. The lowest BCUT2D eigenvalue weighted by Crippen LogP contribution is -2.26. The van der Waals surface area contributed by atoms with Gasteiger partial charge in [0.25, 0.3) is 0 Å². The summed E-state index contributed by atoms with van der Waals surface area (Å²) in [6.45, 7) is 2.51. The molecule has 138 valence electrons. The van der Waals surface area contributed by atoms with Crippen molar-refractivity contribution < 1.29 is 14.3 Å². The molecular formula is C21H25NO3S. The van der Waals surface area contributed by atoms with E-state index in [2.05, 4.69) is 11.5 Å². The standard InChI is InChI=1S/C21H25NO3S/c22-21(23)16-5-6-20-18(11-16)19(13-26-20)15-3-1-14(2-4-15)12-25-17-7-9-24-10-8-17/h3,5-6,11,13-14,17H,1-2,4,7-10,12H2,(H2,22,23). The monoisotopic (exact) mass is 371 g/mol. The van der Waals surface area contributed by atoms with E-state index in [4.69, 9.17) is 15.2 Å². The predicted molar refractivity (Wildman–Crippen MR) is 105 cm³/mol. The zero-order valence-electron chi connectivity index (χ0n) is 14.9. The number of hydrogen-bond acceptors (Lipinski definition) is 4. The van der Waals surface area contributed by atoms with Crippen LogP contribution in [0.2, 0.25) is 0 Å². The second-order valence-electron chi connectivity index (χ2n) is 7.24. The van der Waals surface area contributed by atoms with Gasteiger partial charge in [-0.1, -0.05) is 6.08 Å². The molecule has 1 aromatic heterocycles. The van der Waals surface area contributed by atoms with Gasteiger partial charge in [-0.2, -0.15) is 0 Å². The molecule has 2 aliphatic rings. The first-order valence-electron chi connectivity index (χ1n) is 9.40. The molecule has 0 bridgehead atoms. The van der Waals surface area contributed by atoms with Crippen LogP contribution < -0.4 is 5.73 Å². The summed E-state index contributed by atoms with van der Waals surface area (Å²) in [4.78, 5) is 11.5. The number of thiophene rings is 1. The second kappa shape index (κ2) is 7.91. The molecule has 2 heterocycles. The van der Waals surface area contributed by atoms with E-state index in [1.54, 1.807) is 11.3 Å². The third-order valence-corrected chi connectivity index (χ3v) is 6.42. The third kappa shape index (κ3) is 3.85. The average molecular weight is 372 g/mol. The molecule has 1 unspecified atom stereocenters. The molecule has 2 N–H and O–H groups in total. The van der Waals surface area contributed by atoms with E-state index in [-0.39, 0.29) is 5.91 Å².